The Balaban J connectivity index is 2.42. The largest absolute Gasteiger partial charge is 0.175 e. The van der Waals surface area contributed by atoms with Crippen LogP contribution in [-0.2, 0) is 0 Å². The molecule has 1 rings (SSSR count). The molecule has 0 aromatic heterocycles. The van der Waals surface area contributed by atoms with Gasteiger partial charge in [-0.15, -0.1) is 0 Å². The van der Waals surface area contributed by atoms with Crippen molar-refractivity contribution in [3.8, 4) is 0 Å². The van der Waals surface area contributed by atoms with E-state index < -0.39 is 0 Å². The summed E-state index contributed by atoms with van der Waals surface area (Å²) in [6, 6.07) is 0. The molecule has 0 amide bonds. The first-order valence-corrected chi connectivity index (χ1v) is 4.35. The highest BCUT2D eigenvalue weighted by Gasteiger charge is 2.13. The molecule has 2 unspecified atom stereocenters. The van der Waals surface area contributed by atoms with Gasteiger partial charge in [0.25, 0.3) is 0 Å². The van der Waals surface area contributed by atoms with Crippen LogP contribution < -0.4 is 0 Å². The lowest BCUT2D eigenvalue weighted by Gasteiger charge is -2.12. The molecule has 1 aliphatic rings. The summed E-state index contributed by atoms with van der Waals surface area (Å²) in [5, 5.41) is 0.954. The Kier molecular flexibility index (Phi) is 2.99. The SMILES string of the molecule is SC1CC=CCCC1S. The molecule has 0 fully saturated rings. The Morgan fingerprint density at radius 2 is 1.89 bits per heavy atom. The van der Waals surface area contributed by atoms with Gasteiger partial charge in [0, 0.05) is 10.5 Å². The fourth-order valence-electron chi connectivity index (χ4n) is 0.970. The minimum Gasteiger partial charge on any atom is -0.175 e. The zero-order chi connectivity index (χ0) is 6.69. The van der Waals surface area contributed by atoms with Crippen molar-refractivity contribution >= 4 is 25.3 Å². The van der Waals surface area contributed by atoms with Crippen molar-refractivity contribution in [3.63, 3.8) is 0 Å². The zero-order valence-corrected chi connectivity index (χ0v) is 7.11. The second-order valence-corrected chi connectivity index (χ2v) is 3.75. The van der Waals surface area contributed by atoms with E-state index in [-0.39, 0.29) is 0 Å². The van der Waals surface area contributed by atoms with Gasteiger partial charge in [-0.2, -0.15) is 25.3 Å². The summed E-state index contributed by atoms with van der Waals surface area (Å²) >= 11 is 8.81. The van der Waals surface area contributed by atoms with Gasteiger partial charge < -0.3 is 0 Å². The zero-order valence-electron chi connectivity index (χ0n) is 5.33. The predicted molar refractivity (Wildman–Crippen MR) is 48.5 cm³/mol. The van der Waals surface area contributed by atoms with Crippen LogP contribution in [0.2, 0.25) is 0 Å². The topological polar surface area (TPSA) is 0 Å². The van der Waals surface area contributed by atoms with Gasteiger partial charge in [-0.3, -0.25) is 0 Å². The van der Waals surface area contributed by atoms with Gasteiger partial charge in [0.05, 0.1) is 0 Å². The van der Waals surface area contributed by atoms with Crippen LogP contribution in [-0.4, -0.2) is 10.5 Å². The molecule has 1 aliphatic carbocycles. The summed E-state index contributed by atoms with van der Waals surface area (Å²) in [5.74, 6) is 0. The van der Waals surface area contributed by atoms with Crippen molar-refractivity contribution in [1.29, 1.82) is 0 Å². The van der Waals surface area contributed by atoms with E-state index in [1.54, 1.807) is 0 Å². The molecule has 0 saturated carbocycles. The summed E-state index contributed by atoms with van der Waals surface area (Å²) in [4.78, 5) is 0. The molecule has 0 radical (unpaired) electrons. The first kappa shape index (κ1) is 7.55. The second kappa shape index (κ2) is 3.57. The Labute approximate surface area is 67.5 Å². The lowest BCUT2D eigenvalue weighted by Crippen LogP contribution is -2.12. The summed E-state index contributed by atoms with van der Waals surface area (Å²) in [6.45, 7) is 0. The van der Waals surface area contributed by atoms with Gasteiger partial charge in [-0.05, 0) is 19.3 Å². The third kappa shape index (κ3) is 2.26. The lowest BCUT2D eigenvalue weighted by molar-refractivity contribution is 0.760. The second-order valence-electron chi connectivity index (χ2n) is 2.42. The predicted octanol–water partition coefficient (Wildman–Crippen LogP) is 2.32. The molecule has 0 aromatic carbocycles. The Morgan fingerprint density at radius 3 is 2.67 bits per heavy atom. The number of thiol groups is 2. The summed E-state index contributed by atoms with van der Waals surface area (Å²) < 4.78 is 0. The maximum atomic E-state index is 4.41. The van der Waals surface area contributed by atoms with Crippen molar-refractivity contribution < 1.29 is 0 Å². The normalized spacial score (nSPS) is 36.2. The van der Waals surface area contributed by atoms with E-state index in [0.29, 0.717) is 10.5 Å². The van der Waals surface area contributed by atoms with Crippen molar-refractivity contribution in [3.05, 3.63) is 12.2 Å². The number of rotatable bonds is 0. The summed E-state index contributed by atoms with van der Waals surface area (Å²) in [6.07, 6.45) is 7.85. The molecule has 0 nitrogen and oxygen atoms in total. The molecule has 0 aromatic rings. The molecule has 0 heterocycles. The molecule has 0 bridgehead atoms. The van der Waals surface area contributed by atoms with E-state index >= 15 is 0 Å². The molecule has 2 heteroatoms. The molecular weight excluding hydrogens is 148 g/mol. The maximum Gasteiger partial charge on any atom is 0.0168 e. The fourth-order valence-corrected chi connectivity index (χ4v) is 1.51. The molecule has 0 spiro atoms. The fraction of sp³-hybridized carbons (Fsp3) is 0.714. The highest BCUT2D eigenvalue weighted by atomic mass is 32.1. The number of hydrogen-bond donors (Lipinski definition) is 2. The minimum atomic E-state index is 0.465. The minimum absolute atomic E-state index is 0.465. The summed E-state index contributed by atoms with van der Waals surface area (Å²) in [7, 11) is 0. The molecule has 9 heavy (non-hydrogen) atoms. The Bertz CT molecular complexity index is 109. The van der Waals surface area contributed by atoms with Gasteiger partial charge in [0.15, 0.2) is 0 Å². The molecule has 2 atom stereocenters. The third-order valence-corrected chi connectivity index (χ3v) is 3.04. The Morgan fingerprint density at radius 1 is 1.11 bits per heavy atom. The number of allylic oxidation sites excluding steroid dienone is 2. The third-order valence-electron chi connectivity index (χ3n) is 1.62. The standard InChI is InChI=1S/C7H12S2/c8-6-4-2-1-3-5-7(6)9/h1-2,6-9H,3-5H2. The van der Waals surface area contributed by atoms with Crippen LogP contribution >= 0.6 is 25.3 Å². The van der Waals surface area contributed by atoms with Gasteiger partial charge in [0.2, 0.25) is 0 Å². The van der Waals surface area contributed by atoms with Gasteiger partial charge in [-0.25, -0.2) is 0 Å². The van der Waals surface area contributed by atoms with E-state index in [2.05, 4.69) is 37.4 Å². The average Bonchev–Trinajstić information content (AvgIpc) is 1.99. The highest BCUT2D eigenvalue weighted by Crippen LogP contribution is 2.21. The van der Waals surface area contributed by atoms with Crippen LogP contribution in [0.1, 0.15) is 19.3 Å². The van der Waals surface area contributed by atoms with Crippen molar-refractivity contribution in [2.24, 2.45) is 0 Å². The van der Waals surface area contributed by atoms with E-state index in [1.807, 2.05) is 0 Å². The van der Waals surface area contributed by atoms with Crippen LogP contribution in [0.25, 0.3) is 0 Å². The van der Waals surface area contributed by atoms with Crippen LogP contribution in [0.4, 0.5) is 0 Å². The van der Waals surface area contributed by atoms with Crippen LogP contribution in [0, 0.1) is 0 Å². The lowest BCUT2D eigenvalue weighted by atomic mass is 10.2. The van der Waals surface area contributed by atoms with Crippen molar-refractivity contribution in [2.75, 3.05) is 0 Å². The van der Waals surface area contributed by atoms with E-state index in [9.17, 15) is 0 Å². The van der Waals surface area contributed by atoms with Gasteiger partial charge >= 0.3 is 0 Å². The maximum absolute atomic E-state index is 4.41. The van der Waals surface area contributed by atoms with Crippen molar-refractivity contribution in [2.45, 2.75) is 29.8 Å². The van der Waals surface area contributed by atoms with Crippen molar-refractivity contribution in [1.82, 2.24) is 0 Å². The summed E-state index contributed by atoms with van der Waals surface area (Å²) in [5.41, 5.74) is 0. The van der Waals surface area contributed by atoms with Gasteiger partial charge in [0.1, 0.15) is 0 Å². The van der Waals surface area contributed by atoms with E-state index in [0.717, 1.165) is 6.42 Å². The average molecular weight is 160 g/mol. The van der Waals surface area contributed by atoms with Gasteiger partial charge in [-0.1, -0.05) is 12.2 Å². The monoisotopic (exact) mass is 160 g/mol. The highest BCUT2D eigenvalue weighted by molar-refractivity contribution is 7.85. The van der Waals surface area contributed by atoms with E-state index in [4.69, 9.17) is 0 Å². The molecule has 0 N–H and O–H groups in total. The number of hydrogen-bond acceptors (Lipinski definition) is 2. The first-order valence-electron chi connectivity index (χ1n) is 3.32. The molecule has 0 aliphatic heterocycles. The van der Waals surface area contributed by atoms with E-state index in [1.165, 1.54) is 12.8 Å². The first-order chi connectivity index (χ1) is 4.30. The molecular formula is C7H12S2. The van der Waals surface area contributed by atoms with Crippen LogP contribution in [0.15, 0.2) is 12.2 Å². The molecule has 52 valence electrons. The molecule has 0 saturated heterocycles. The van der Waals surface area contributed by atoms with Crippen LogP contribution in [0.5, 0.6) is 0 Å². The quantitative estimate of drug-likeness (QED) is 0.394. The Hall–Kier alpha value is 0.440. The van der Waals surface area contributed by atoms with Crippen LogP contribution in [0.3, 0.4) is 0 Å². The smallest absolute Gasteiger partial charge is 0.0168 e.